The molecule has 0 spiro atoms. The number of hydrogen-bond acceptors (Lipinski definition) is 2. The maximum absolute atomic E-state index is 4.22. The van der Waals surface area contributed by atoms with Crippen LogP contribution in [-0.4, -0.2) is 49.2 Å². The van der Waals surface area contributed by atoms with E-state index in [1.807, 2.05) is 44.4 Å². The molecule has 1 fully saturated rings. The second-order valence-corrected chi connectivity index (χ2v) is 3.90. The van der Waals surface area contributed by atoms with Crippen LogP contribution in [0, 0.1) is 0 Å². The summed E-state index contributed by atoms with van der Waals surface area (Å²) in [5, 5.41) is 8.32. The normalized spacial score (nSPS) is 16.2. The lowest BCUT2D eigenvalue weighted by Gasteiger charge is -2.13. The van der Waals surface area contributed by atoms with Crippen molar-refractivity contribution in [3.05, 3.63) is 35.9 Å². The van der Waals surface area contributed by atoms with Gasteiger partial charge in [0.1, 0.15) is 0 Å². The molecule has 4 heteroatoms. The summed E-state index contributed by atoms with van der Waals surface area (Å²) in [5.41, 5.74) is 1.06. The van der Waals surface area contributed by atoms with Crippen LogP contribution < -0.4 is 0 Å². The van der Waals surface area contributed by atoms with Crippen molar-refractivity contribution in [3.8, 4) is 0 Å². The van der Waals surface area contributed by atoms with Crippen molar-refractivity contribution in [1.29, 1.82) is 0 Å². The Bertz CT molecular complexity index is 385. The minimum Gasteiger partial charge on any atom is -0.343 e. The molecule has 0 aromatic heterocycles. The Hall–Kier alpha value is -1.84. The van der Waals surface area contributed by atoms with Gasteiger partial charge in [0.15, 0.2) is 0 Å². The summed E-state index contributed by atoms with van der Waals surface area (Å²) < 4.78 is 0. The zero-order valence-corrected chi connectivity index (χ0v) is 9.67. The molecule has 0 unspecified atom stereocenters. The van der Waals surface area contributed by atoms with Crippen molar-refractivity contribution < 1.29 is 0 Å². The van der Waals surface area contributed by atoms with Gasteiger partial charge in [-0.15, -0.1) is 5.10 Å². The first kappa shape index (κ1) is 10.7. The number of benzene rings is 1. The molecule has 0 bridgehead atoms. The van der Waals surface area contributed by atoms with Crippen molar-refractivity contribution in [3.63, 3.8) is 0 Å². The fraction of sp³-hybridized carbons (Fsp3) is 0.333. The van der Waals surface area contributed by atoms with E-state index in [2.05, 4.69) is 20.0 Å². The quantitative estimate of drug-likeness (QED) is 0.550. The van der Waals surface area contributed by atoms with Crippen molar-refractivity contribution in [1.82, 2.24) is 9.80 Å². The third-order valence-corrected chi connectivity index (χ3v) is 2.61. The largest absolute Gasteiger partial charge is 0.343 e. The van der Waals surface area contributed by atoms with Crippen LogP contribution in [0.2, 0.25) is 0 Å². The Morgan fingerprint density at radius 1 is 1.06 bits per heavy atom. The molecule has 0 aliphatic carbocycles. The van der Waals surface area contributed by atoms with E-state index < -0.39 is 0 Å². The van der Waals surface area contributed by atoms with Crippen LogP contribution in [0.1, 0.15) is 5.56 Å². The van der Waals surface area contributed by atoms with Crippen LogP contribution >= 0.6 is 0 Å². The summed E-state index contributed by atoms with van der Waals surface area (Å²) in [4.78, 5) is 4.20. The van der Waals surface area contributed by atoms with Gasteiger partial charge < -0.3 is 9.80 Å². The summed E-state index contributed by atoms with van der Waals surface area (Å²) in [5.74, 6) is 0.923. The Labute approximate surface area is 95.9 Å². The highest BCUT2D eigenvalue weighted by atomic mass is 15.5. The van der Waals surface area contributed by atoms with E-state index in [9.17, 15) is 0 Å². The van der Waals surface area contributed by atoms with Crippen LogP contribution in [0.5, 0.6) is 0 Å². The van der Waals surface area contributed by atoms with Crippen LogP contribution in [0.25, 0.3) is 0 Å². The molecule has 2 rings (SSSR count). The number of nitrogens with zero attached hydrogens (tertiary/aromatic N) is 4. The minimum atomic E-state index is 0.923. The van der Waals surface area contributed by atoms with E-state index >= 15 is 0 Å². The predicted molar refractivity (Wildman–Crippen MR) is 66.7 cm³/mol. The first-order chi connectivity index (χ1) is 7.77. The predicted octanol–water partition coefficient (Wildman–Crippen LogP) is 1.25. The lowest BCUT2D eigenvalue weighted by atomic mass is 10.2. The molecule has 0 atom stereocenters. The summed E-state index contributed by atoms with van der Waals surface area (Å²) in [6, 6.07) is 9.98. The van der Waals surface area contributed by atoms with Crippen LogP contribution in [-0.2, 0) is 0 Å². The number of hydrogen-bond donors (Lipinski definition) is 0. The smallest absolute Gasteiger partial charge is 0.221 e. The second-order valence-electron chi connectivity index (χ2n) is 3.90. The SMILES string of the molecule is CN1CCN(C)C1=N/N=C/c1ccccc1. The van der Waals surface area contributed by atoms with Gasteiger partial charge in [-0.2, -0.15) is 5.10 Å². The molecule has 4 nitrogen and oxygen atoms in total. The zero-order valence-electron chi connectivity index (χ0n) is 9.67. The molecule has 0 saturated carbocycles. The van der Waals surface area contributed by atoms with Crippen molar-refractivity contribution in [2.75, 3.05) is 27.2 Å². The molecule has 0 amide bonds. The number of likely N-dealkylation sites (N-methyl/N-ethyl adjacent to an activating group) is 2. The minimum absolute atomic E-state index is 0.923. The third-order valence-electron chi connectivity index (χ3n) is 2.61. The molecule has 0 N–H and O–H groups in total. The Kier molecular flexibility index (Phi) is 3.19. The van der Waals surface area contributed by atoms with Crippen molar-refractivity contribution in [2.24, 2.45) is 10.2 Å². The second kappa shape index (κ2) is 4.79. The van der Waals surface area contributed by atoms with Crippen LogP contribution in [0.15, 0.2) is 40.5 Å². The standard InChI is InChI=1S/C12H16N4/c1-15-8-9-16(2)12(15)14-13-10-11-6-4-3-5-7-11/h3-7,10H,8-9H2,1-2H3/b13-10+. The average molecular weight is 216 g/mol. The van der Waals surface area contributed by atoms with E-state index in [4.69, 9.17) is 0 Å². The van der Waals surface area contributed by atoms with E-state index in [-0.39, 0.29) is 0 Å². The molecule has 1 aromatic rings. The van der Waals surface area contributed by atoms with Gasteiger partial charge in [-0.3, -0.25) is 0 Å². The van der Waals surface area contributed by atoms with Gasteiger partial charge in [-0.25, -0.2) is 0 Å². The first-order valence-corrected chi connectivity index (χ1v) is 5.36. The molecule has 84 valence electrons. The number of guanidine groups is 1. The summed E-state index contributed by atoms with van der Waals surface area (Å²) in [7, 11) is 4.06. The Balaban J connectivity index is 2.06. The van der Waals surface area contributed by atoms with Gasteiger partial charge >= 0.3 is 0 Å². The molecule has 16 heavy (non-hydrogen) atoms. The fourth-order valence-electron chi connectivity index (χ4n) is 1.63. The molecular weight excluding hydrogens is 200 g/mol. The van der Waals surface area contributed by atoms with Crippen LogP contribution in [0.4, 0.5) is 0 Å². The van der Waals surface area contributed by atoms with E-state index in [1.54, 1.807) is 6.21 Å². The van der Waals surface area contributed by atoms with Gasteiger partial charge in [0.25, 0.3) is 0 Å². The maximum Gasteiger partial charge on any atom is 0.221 e. The lowest BCUT2D eigenvalue weighted by molar-refractivity contribution is 0.553. The molecule has 1 aromatic carbocycles. The zero-order chi connectivity index (χ0) is 11.4. The number of rotatable bonds is 2. The highest BCUT2D eigenvalue weighted by Crippen LogP contribution is 2.03. The first-order valence-electron chi connectivity index (χ1n) is 5.36. The molecule has 1 heterocycles. The highest BCUT2D eigenvalue weighted by molar-refractivity contribution is 5.83. The van der Waals surface area contributed by atoms with Crippen molar-refractivity contribution in [2.45, 2.75) is 0 Å². The Morgan fingerprint density at radius 3 is 2.31 bits per heavy atom. The van der Waals surface area contributed by atoms with Crippen molar-refractivity contribution >= 4 is 12.2 Å². The summed E-state index contributed by atoms with van der Waals surface area (Å²) in [6.45, 7) is 2.02. The maximum atomic E-state index is 4.22. The topological polar surface area (TPSA) is 31.2 Å². The third kappa shape index (κ3) is 2.39. The summed E-state index contributed by atoms with van der Waals surface area (Å²) in [6.07, 6.45) is 1.77. The van der Waals surface area contributed by atoms with E-state index in [0.29, 0.717) is 0 Å². The van der Waals surface area contributed by atoms with Gasteiger partial charge in [-0.05, 0) is 5.56 Å². The monoisotopic (exact) mass is 216 g/mol. The molecule has 1 aliphatic heterocycles. The van der Waals surface area contributed by atoms with Gasteiger partial charge in [-0.1, -0.05) is 30.3 Å². The lowest BCUT2D eigenvalue weighted by Crippen LogP contribution is -2.27. The van der Waals surface area contributed by atoms with E-state index in [1.165, 1.54) is 0 Å². The van der Waals surface area contributed by atoms with Gasteiger partial charge in [0.05, 0.1) is 6.21 Å². The van der Waals surface area contributed by atoms with Crippen LogP contribution in [0.3, 0.4) is 0 Å². The molecule has 0 radical (unpaired) electrons. The molecule has 1 saturated heterocycles. The molecule has 1 aliphatic rings. The summed E-state index contributed by atoms with van der Waals surface area (Å²) >= 11 is 0. The average Bonchev–Trinajstić information content (AvgIpc) is 2.62. The van der Waals surface area contributed by atoms with E-state index in [0.717, 1.165) is 24.6 Å². The Morgan fingerprint density at radius 2 is 1.69 bits per heavy atom. The highest BCUT2D eigenvalue weighted by Gasteiger charge is 2.19. The van der Waals surface area contributed by atoms with Gasteiger partial charge in [0, 0.05) is 27.2 Å². The fourth-order valence-corrected chi connectivity index (χ4v) is 1.63. The van der Waals surface area contributed by atoms with Gasteiger partial charge in [0.2, 0.25) is 5.96 Å². The molecular formula is C12H16N4.